The first-order valence-electron chi connectivity index (χ1n) is 3.31. The van der Waals surface area contributed by atoms with Gasteiger partial charge < -0.3 is 4.55 Å². The summed E-state index contributed by atoms with van der Waals surface area (Å²) in [5.74, 6) is 0. The van der Waals surface area contributed by atoms with Crippen LogP contribution in [0.15, 0.2) is 29.2 Å². The highest BCUT2D eigenvalue weighted by atomic mass is 32.2. The molecule has 1 rings (SSSR count). The molecule has 0 aliphatic heterocycles. The summed E-state index contributed by atoms with van der Waals surface area (Å²) in [6, 6.07) is 8.56. The molecule has 0 aliphatic rings. The lowest BCUT2D eigenvalue weighted by atomic mass is 10.2. The maximum atomic E-state index is 10.7. The van der Waals surface area contributed by atoms with E-state index in [0.29, 0.717) is 10.5 Å². The molecule has 0 bridgehead atoms. The van der Waals surface area contributed by atoms with Crippen LogP contribution in [0.1, 0.15) is 5.56 Å². The monoisotopic (exact) mass is 181 g/mol. The molecule has 0 aromatic heterocycles. The highest BCUT2D eigenvalue weighted by molar-refractivity contribution is 7.79. The predicted octanol–water partition coefficient (Wildman–Crippen LogP) is 1.33. The van der Waals surface area contributed by atoms with Crippen LogP contribution in [-0.4, -0.2) is 8.76 Å². The Morgan fingerprint density at radius 3 is 2.75 bits per heavy atom. The summed E-state index contributed by atoms with van der Waals surface area (Å²) in [7, 11) is 0. The Balaban J connectivity index is 3.10. The second-order valence-electron chi connectivity index (χ2n) is 2.19. The van der Waals surface area contributed by atoms with Gasteiger partial charge in [0.2, 0.25) is 0 Å². The van der Waals surface area contributed by atoms with Gasteiger partial charge in [-0.1, -0.05) is 18.2 Å². The van der Waals surface area contributed by atoms with Crippen LogP contribution in [0, 0.1) is 11.3 Å². The molecule has 0 aliphatic carbocycles. The fraction of sp³-hybridized carbons (Fsp3) is 0.125. The van der Waals surface area contributed by atoms with Crippen LogP contribution in [0.2, 0.25) is 0 Å². The highest BCUT2D eigenvalue weighted by Gasteiger charge is 2.05. The maximum absolute atomic E-state index is 10.7. The number of benzene rings is 1. The van der Waals surface area contributed by atoms with Gasteiger partial charge in [-0.2, -0.15) is 5.26 Å². The average Bonchev–Trinajstić information content (AvgIpc) is 2.05. The van der Waals surface area contributed by atoms with E-state index >= 15 is 0 Å². The van der Waals surface area contributed by atoms with Gasteiger partial charge in [-0.15, -0.1) is 0 Å². The number of nitrogens with zero attached hydrogens (tertiary/aromatic N) is 1. The van der Waals surface area contributed by atoms with E-state index in [-0.39, 0.29) is 6.42 Å². The van der Waals surface area contributed by atoms with Crippen molar-refractivity contribution in [2.24, 2.45) is 0 Å². The van der Waals surface area contributed by atoms with Crippen LogP contribution >= 0.6 is 0 Å². The van der Waals surface area contributed by atoms with E-state index in [0.717, 1.165) is 0 Å². The molecular formula is C8H7NO2S. The van der Waals surface area contributed by atoms with Gasteiger partial charge in [-0.3, -0.25) is 0 Å². The third kappa shape index (κ3) is 1.91. The molecule has 0 radical (unpaired) electrons. The van der Waals surface area contributed by atoms with E-state index in [1.807, 2.05) is 6.07 Å². The van der Waals surface area contributed by atoms with Crippen molar-refractivity contribution in [3.05, 3.63) is 29.8 Å². The molecule has 4 heteroatoms. The van der Waals surface area contributed by atoms with E-state index in [2.05, 4.69) is 0 Å². The van der Waals surface area contributed by atoms with Crippen molar-refractivity contribution in [1.29, 1.82) is 5.26 Å². The predicted molar refractivity (Wildman–Crippen MR) is 44.8 cm³/mol. The minimum absolute atomic E-state index is 0.169. The number of hydrogen-bond acceptors (Lipinski definition) is 2. The SMILES string of the molecule is N#CCc1ccccc1S(=O)O. The second kappa shape index (κ2) is 4.00. The molecule has 0 spiro atoms. The van der Waals surface area contributed by atoms with Crippen molar-refractivity contribution < 1.29 is 8.76 Å². The van der Waals surface area contributed by atoms with Crippen molar-refractivity contribution >= 4 is 11.1 Å². The Morgan fingerprint density at radius 2 is 2.17 bits per heavy atom. The van der Waals surface area contributed by atoms with E-state index in [4.69, 9.17) is 9.81 Å². The molecule has 3 nitrogen and oxygen atoms in total. The van der Waals surface area contributed by atoms with Gasteiger partial charge >= 0.3 is 0 Å². The molecule has 0 saturated carbocycles. The number of hydrogen-bond donors (Lipinski definition) is 1. The lowest BCUT2D eigenvalue weighted by Crippen LogP contribution is -1.94. The maximum Gasteiger partial charge on any atom is 0.186 e. The van der Waals surface area contributed by atoms with Gasteiger partial charge in [-0.05, 0) is 11.6 Å². The van der Waals surface area contributed by atoms with Crippen molar-refractivity contribution in [3.8, 4) is 6.07 Å². The van der Waals surface area contributed by atoms with Crippen molar-refractivity contribution in [2.45, 2.75) is 11.3 Å². The third-order valence-electron chi connectivity index (χ3n) is 1.43. The van der Waals surface area contributed by atoms with Gasteiger partial charge in [0.15, 0.2) is 11.1 Å². The van der Waals surface area contributed by atoms with Gasteiger partial charge in [0.1, 0.15) is 0 Å². The second-order valence-corrected chi connectivity index (χ2v) is 3.13. The van der Waals surface area contributed by atoms with Crippen molar-refractivity contribution in [2.75, 3.05) is 0 Å². The molecule has 1 aromatic carbocycles. The molecule has 1 atom stereocenters. The van der Waals surface area contributed by atoms with E-state index in [1.54, 1.807) is 24.3 Å². The molecule has 12 heavy (non-hydrogen) atoms. The Bertz CT molecular complexity index is 343. The summed E-state index contributed by atoms with van der Waals surface area (Å²) in [6.07, 6.45) is 0.169. The summed E-state index contributed by atoms with van der Waals surface area (Å²) in [5.41, 5.74) is 0.612. The first kappa shape index (κ1) is 8.91. The zero-order valence-corrected chi connectivity index (χ0v) is 7.04. The number of nitriles is 1. The summed E-state index contributed by atoms with van der Waals surface area (Å²) < 4.78 is 19.5. The molecule has 0 saturated heterocycles. The minimum Gasteiger partial charge on any atom is -0.302 e. The van der Waals surface area contributed by atoms with Crippen LogP contribution in [0.4, 0.5) is 0 Å². The highest BCUT2D eigenvalue weighted by Crippen LogP contribution is 2.12. The average molecular weight is 181 g/mol. The summed E-state index contributed by atoms with van der Waals surface area (Å²) >= 11 is -1.99. The minimum atomic E-state index is -1.99. The number of rotatable bonds is 2. The van der Waals surface area contributed by atoms with Crippen molar-refractivity contribution in [1.82, 2.24) is 0 Å². The quantitative estimate of drug-likeness (QED) is 0.700. The largest absolute Gasteiger partial charge is 0.302 e. The lowest BCUT2D eigenvalue weighted by Gasteiger charge is -1.99. The van der Waals surface area contributed by atoms with Gasteiger partial charge in [0, 0.05) is 0 Å². The lowest BCUT2D eigenvalue weighted by molar-refractivity contribution is 0.563. The molecule has 0 amide bonds. The van der Waals surface area contributed by atoms with Gasteiger partial charge in [0.05, 0.1) is 17.4 Å². The molecule has 62 valence electrons. The van der Waals surface area contributed by atoms with Crippen LogP contribution in [-0.2, 0) is 17.5 Å². The van der Waals surface area contributed by atoms with Crippen LogP contribution < -0.4 is 0 Å². The first-order chi connectivity index (χ1) is 5.75. The Morgan fingerprint density at radius 1 is 1.50 bits per heavy atom. The standard InChI is InChI=1S/C8H7NO2S/c9-6-5-7-3-1-2-4-8(7)12(10)11/h1-4H,5H2,(H,10,11). The molecule has 1 unspecified atom stereocenters. The Kier molecular flexibility index (Phi) is 2.97. The van der Waals surface area contributed by atoms with Crippen LogP contribution in [0.3, 0.4) is 0 Å². The Hall–Kier alpha value is -1.18. The molecule has 1 N–H and O–H groups in total. The molecule has 0 heterocycles. The van der Waals surface area contributed by atoms with Crippen LogP contribution in [0.5, 0.6) is 0 Å². The molecule has 0 fully saturated rings. The molecular weight excluding hydrogens is 174 g/mol. The van der Waals surface area contributed by atoms with E-state index in [1.165, 1.54) is 0 Å². The third-order valence-corrected chi connectivity index (χ3v) is 2.20. The van der Waals surface area contributed by atoms with Crippen LogP contribution in [0.25, 0.3) is 0 Å². The van der Waals surface area contributed by atoms with E-state index in [9.17, 15) is 4.21 Å². The van der Waals surface area contributed by atoms with Gasteiger partial charge in [-0.25, -0.2) is 4.21 Å². The van der Waals surface area contributed by atoms with Crippen molar-refractivity contribution in [3.63, 3.8) is 0 Å². The summed E-state index contributed by atoms with van der Waals surface area (Å²) in [5, 5.41) is 8.40. The fourth-order valence-electron chi connectivity index (χ4n) is 0.905. The summed E-state index contributed by atoms with van der Waals surface area (Å²) in [6.45, 7) is 0. The fourth-order valence-corrected chi connectivity index (χ4v) is 1.46. The normalized spacial score (nSPS) is 12.0. The smallest absolute Gasteiger partial charge is 0.186 e. The zero-order valence-electron chi connectivity index (χ0n) is 6.23. The summed E-state index contributed by atoms with van der Waals surface area (Å²) in [4.78, 5) is 0.319. The zero-order chi connectivity index (χ0) is 8.97. The van der Waals surface area contributed by atoms with E-state index < -0.39 is 11.1 Å². The van der Waals surface area contributed by atoms with Gasteiger partial charge in [0.25, 0.3) is 0 Å². The molecule has 1 aromatic rings. The first-order valence-corrected chi connectivity index (χ1v) is 4.42. The Labute approximate surface area is 72.9 Å². The topological polar surface area (TPSA) is 61.1 Å².